The number of hydrogen-bond acceptors (Lipinski definition) is 7. The average molecular weight is 419 g/mol. The molecule has 1 heterocycles. The van der Waals surface area contributed by atoms with Gasteiger partial charge >= 0.3 is 5.97 Å². The van der Waals surface area contributed by atoms with Crippen LogP contribution in [0.1, 0.15) is 5.56 Å². The van der Waals surface area contributed by atoms with Gasteiger partial charge < -0.3 is 9.84 Å². The molecule has 10 heteroatoms. The number of thioether (sulfide) groups is 1. The van der Waals surface area contributed by atoms with Crippen LogP contribution in [0, 0.1) is 0 Å². The number of amidine groups is 1. The number of nitrogens with one attached hydrogen (secondary N) is 1. The fourth-order valence-electron chi connectivity index (χ4n) is 1.46. The van der Waals surface area contributed by atoms with Crippen molar-refractivity contribution in [3.05, 3.63) is 38.2 Å². The monoisotopic (exact) mass is 417 g/mol. The molecule has 1 aliphatic rings. The molecule has 120 valence electrons. The summed E-state index contributed by atoms with van der Waals surface area (Å²) in [7, 11) is 1.21. The number of carbonyl (C=O) groups is 2. The molecule has 1 fully saturated rings. The van der Waals surface area contributed by atoms with E-state index in [-0.39, 0.29) is 15.8 Å². The van der Waals surface area contributed by atoms with Gasteiger partial charge in [-0.3, -0.25) is 10.1 Å². The van der Waals surface area contributed by atoms with E-state index in [9.17, 15) is 14.7 Å². The van der Waals surface area contributed by atoms with Gasteiger partial charge in [-0.25, -0.2) is 4.79 Å². The van der Waals surface area contributed by atoms with Crippen molar-refractivity contribution in [2.24, 2.45) is 10.2 Å². The van der Waals surface area contributed by atoms with Gasteiger partial charge in [-0.15, -0.1) is 5.10 Å². The standard InChI is InChI=1S/C13H9BrClN3O4S/c1-22-10(20)4-9-12(21)17-13(23-9)18-16-5-6-8(19)3-2-7(15)11(6)14/h2-5,19H,1H3,(H,17,18,21)/b9-4+,16-5?. The zero-order valence-corrected chi connectivity index (χ0v) is 14.7. The molecule has 0 unspecified atom stereocenters. The van der Waals surface area contributed by atoms with E-state index in [4.69, 9.17) is 11.6 Å². The molecule has 7 nitrogen and oxygen atoms in total. The van der Waals surface area contributed by atoms with E-state index in [1.807, 2.05) is 0 Å². The Morgan fingerprint density at radius 3 is 2.96 bits per heavy atom. The number of amides is 1. The summed E-state index contributed by atoms with van der Waals surface area (Å²) in [5.41, 5.74) is 0.349. The maximum atomic E-state index is 11.6. The first kappa shape index (κ1) is 17.5. The third-order valence-electron chi connectivity index (χ3n) is 2.55. The first-order valence-electron chi connectivity index (χ1n) is 5.99. The Kier molecular flexibility index (Phi) is 5.80. The molecule has 0 bridgehead atoms. The summed E-state index contributed by atoms with van der Waals surface area (Å²) >= 11 is 10.1. The maximum absolute atomic E-state index is 11.6. The van der Waals surface area contributed by atoms with Crippen LogP contribution < -0.4 is 5.32 Å². The number of phenolic OH excluding ortho intramolecular Hbond substituents is 1. The van der Waals surface area contributed by atoms with Crippen LogP contribution in [0.15, 0.2) is 37.8 Å². The number of nitrogens with zero attached hydrogens (tertiary/aromatic N) is 2. The SMILES string of the molecule is COC(=O)/C=C1/S/C(=N\N=Cc2c(O)ccc(Cl)c2Br)NC1=O. The normalized spacial score (nSPS) is 18.0. The second-order valence-corrected chi connectivity index (χ2v) is 6.26. The Balaban J connectivity index is 2.16. The molecule has 1 aliphatic heterocycles. The van der Waals surface area contributed by atoms with E-state index in [0.717, 1.165) is 17.8 Å². The predicted molar refractivity (Wildman–Crippen MR) is 91.7 cm³/mol. The van der Waals surface area contributed by atoms with Crippen molar-refractivity contribution in [2.45, 2.75) is 0 Å². The lowest BCUT2D eigenvalue weighted by molar-refractivity contribution is -0.135. The molecule has 0 aliphatic carbocycles. The van der Waals surface area contributed by atoms with E-state index >= 15 is 0 Å². The minimum absolute atomic E-state index is 0.0281. The third-order valence-corrected chi connectivity index (χ3v) is 4.84. The van der Waals surface area contributed by atoms with E-state index in [2.05, 4.69) is 36.2 Å². The van der Waals surface area contributed by atoms with Gasteiger partial charge in [-0.05, 0) is 39.8 Å². The molecule has 1 aromatic rings. The van der Waals surface area contributed by atoms with E-state index in [0.29, 0.717) is 15.1 Å². The highest BCUT2D eigenvalue weighted by molar-refractivity contribution is 9.10. The van der Waals surface area contributed by atoms with E-state index in [1.165, 1.54) is 25.5 Å². The molecule has 0 aromatic heterocycles. The summed E-state index contributed by atoms with van der Waals surface area (Å²) in [5, 5.41) is 20.4. The van der Waals surface area contributed by atoms with Gasteiger partial charge in [0.25, 0.3) is 5.91 Å². The summed E-state index contributed by atoms with van der Waals surface area (Å²) in [6.07, 6.45) is 2.35. The number of benzene rings is 1. The molecule has 1 saturated heterocycles. The van der Waals surface area contributed by atoms with Gasteiger partial charge in [0.05, 0.1) is 28.8 Å². The average Bonchev–Trinajstić information content (AvgIpc) is 2.86. The van der Waals surface area contributed by atoms with Crippen LogP contribution in [0.3, 0.4) is 0 Å². The lowest BCUT2D eigenvalue weighted by Crippen LogP contribution is -2.19. The number of aromatic hydroxyl groups is 1. The molecule has 0 saturated carbocycles. The number of ether oxygens (including phenoxy) is 1. The van der Waals surface area contributed by atoms with Gasteiger partial charge in [-0.1, -0.05) is 11.6 Å². The highest BCUT2D eigenvalue weighted by atomic mass is 79.9. The molecule has 2 N–H and O–H groups in total. The number of carbonyl (C=O) groups excluding carboxylic acids is 2. The fourth-order valence-corrected chi connectivity index (χ4v) is 2.80. The summed E-state index contributed by atoms with van der Waals surface area (Å²) in [5.74, 6) is -1.14. The first-order valence-corrected chi connectivity index (χ1v) is 7.98. The van der Waals surface area contributed by atoms with Gasteiger partial charge in [-0.2, -0.15) is 5.10 Å². The van der Waals surface area contributed by atoms with Crippen LogP contribution >= 0.6 is 39.3 Å². The maximum Gasteiger partial charge on any atom is 0.331 e. The Hall–Kier alpha value is -1.84. The second kappa shape index (κ2) is 7.62. The summed E-state index contributed by atoms with van der Waals surface area (Å²) in [6, 6.07) is 2.95. The van der Waals surface area contributed by atoms with Gasteiger partial charge in [0.2, 0.25) is 0 Å². The van der Waals surface area contributed by atoms with Crippen LogP contribution in [0.4, 0.5) is 0 Å². The Bertz CT molecular complexity index is 764. The van der Waals surface area contributed by atoms with Gasteiger partial charge in [0.15, 0.2) is 5.17 Å². The minimum atomic E-state index is -0.639. The van der Waals surface area contributed by atoms with Crippen molar-refractivity contribution in [3.8, 4) is 5.75 Å². The lowest BCUT2D eigenvalue weighted by Gasteiger charge is -2.02. The van der Waals surface area contributed by atoms with Crippen molar-refractivity contribution in [1.82, 2.24) is 5.32 Å². The lowest BCUT2D eigenvalue weighted by atomic mass is 10.2. The Morgan fingerprint density at radius 1 is 1.52 bits per heavy atom. The van der Waals surface area contributed by atoms with E-state index in [1.54, 1.807) is 0 Å². The largest absolute Gasteiger partial charge is 0.507 e. The van der Waals surface area contributed by atoms with Crippen LogP contribution in [0.2, 0.25) is 5.02 Å². The molecule has 1 amide bonds. The highest BCUT2D eigenvalue weighted by Crippen LogP contribution is 2.31. The van der Waals surface area contributed by atoms with Crippen LogP contribution in [-0.2, 0) is 14.3 Å². The summed E-state index contributed by atoms with van der Waals surface area (Å²) < 4.78 is 4.92. The van der Waals surface area contributed by atoms with Crippen molar-refractivity contribution in [3.63, 3.8) is 0 Å². The minimum Gasteiger partial charge on any atom is -0.507 e. The zero-order valence-electron chi connectivity index (χ0n) is 11.5. The number of esters is 1. The number of halogens is 2. The predicted octanol–water partition coefficient (Wildman–Crippen LogP) is 2.42. The number of phenols is 1. The van der Waals surface area contributed by atoms with Crippen molar-refractivity contribution < 1.29 is 19.4 Å². The Labute approximate surface area is 148 Å². The zero-order chi connectivity index (χ0) is 17.0. The number of methoxy groups -OCH3 is 1. The van der Waals surface area contributed by atoms with Crippen molar-refractivity contribution >= 4 is 62.6 Å². The highest BCUT2D eigenvalue weighted by Gasteiger charge is 2.25. The third kappa shape index (κ3) is 4.34. The number of hydrogen-bond donors (Lipinski definition) is 2. The van der Waals surface area contributed by atoms with Gasteiger partial charge in [0, 0.05) is 10.5 Å². The van der Waals surface area contributed by atoms with E-state index < -0.39 is 11.9 Å². The molecular formula is C13H9BrClN3O4S. The molecule has 2 rings (SSSR count). The van der Waals surface area contributed by atoms with Crippen LogP contribution in [-0.4, -0.2) is 35.5 Å². The van der Waals surface area contributed by atoms with Crippen molar-refractivity contribution in [1.29, 1.82) is 0 Å². The molecule has 0 atom stereocenters. The number of rotatable bonds is 3. The molecule has 23 heavy (non-hydrogen) atoms. The molecule has 1 aromatic carbocycles. The topological polar surface area (TPSA) is 100 Å². The summed E-state index contributed by atoms with van der Waals surface area (Å²) in [6.45, 7) is 0. The van der Waals surface area contributed by atoms with Crippen molar-refractivity contribution in [2.75, 3.05) is 7.11 Å². The van der Waals surface area contributed by atoms with Gasteiger partial charge in [0.1, 0.15) is 5.75 Å². The Morgan fingerprint density at radius 2 is 2.26 bits per heavy atom. The molecular weight excluding hydrogens is 410 g/mol. The first-order chi connectivity index (χ1) is 10.9. The van der Waals surface area contributed by atoms with Crippen LogP contribution in [0.5, 0.6) is 5.75 Å². The smallest absolute Gasteiger partial charge is 0.331 e. The molecule has 0 radical (unpaired) electrons. The van der Waals surface area contributed by atoms with Crippen LogP contribution in [0.25, 0.3) is 0 Å². The summed E-state index contributed by atoms with van der Waals surface area (Å²) in [4.78, 5) is 22.9. The molecule has 0 spiro atoms. The quantitative estimate of drug-likeness (QED) is 0.340. The second-order valence-electron chi connectivity index (χ2n) is 4.03. The fraction of sp³-hybridized carbons (Fsp3) is 0.0769.